The first-order chi connectivity index (χ1) is 13.2. The van der Waals surface area contributed by atoms with Crippen LogP contribution in [0.1, 0.15) is 22.7 Å². The summed E-state index contributed by atoms with van der Waals surface area (Å²) in [5.74, 6) is -0.0840. The lowest BCUT2D eigenvalue weighted by atomic mass is 10.0. The molecule has 8 heteroatoms. The van der Waals surface area contributed by atoms with Crippen molar-refractivity contribution in [1.82, 2.24) is 4.90 Å². The van der Waals surface area contributed by atoms with E-state index in [0.29, 0.717) is 17.9 Å². The number of methoxy groups -OCH3 is 1. The van der Waals surface area contributed by atoms with Crippen molar-refractivity contribution < 1.29 is 27.4 Å². The number of likely N-dealkylation sites (N-methyl/N-ethyl adjacent to an activating group) is 1. The largest absolute Gasteiger partial charge is 0.484 e. The van der Waals surface area contributed by atoms with Gasteiger partial charge in [0.1, 0.15) is 5.75 Å². The van der Waals surface area contributed by atoms with E-state index in [0.717, 1.165) is 17.7 Å². The first-order valence-electron chi connectivity index (χ1n) is 8.57. The van der Waals surface area contributed by atoms with Crippen molar-refractivity contribution in [2.45, 2.75) is 18.8 Å². The summed E-state index contributed by atoms with van der Waals surface area (Å²) in [6, 6.07) is 12.0. The van der Waals surface area contributed by atoms with Gasteiger partial charge < -0.3 is 15.2 Å². The van der Waals surface area contributed by atoms with Crippen LogP contribution in [0.4, 0.5) is 13.2 Å². The summed E-state index contributed by atoms with van der Waals surface area (Å²) in [5, 5.41) is 0. The van der Waals surface area contributed by atoms with Crippen LogP contribution < -0.4 is 10.5 Å². The minimum absolute atomic E-state index is 0.226. The van der Waals surface area contributed by atoms with Crippen LogP contribution in [0.15, 0.2) is 48.5 Å². The van der Waals surface area contributed by atoms with E-state index in [1.807, 2.05) is 11.0 Å². The van der Waals surface area contributed by atoms with E-state index in [9.17, 15) is 18.0 Å². The number of hydrogen-bond donors (Lipinski definition) is 1. The van der Waals surface area contributed by atoms with Crippen LogP contribution >= 0.6 is 0 Å². The second kappa shape index (κ2) is 9.57. The number of carbonyl (C=O) groups excluding carboxylic acids is 1. The van der Waals surface area contributed by atoms with Crippen LogP contribution in [0.3, 0.4) is 0 Å². The number of amides is 1. The molecule has 1 amide bonds. The summed E-state index contributed by atoms with van der Waals surface area (Å²) in [5.41, 5.74) is 5.77. The minimum atomic E-state index is -4.40. The van der Waals surface area contributed by atoms with Crippen LogP contribution in [-0.2, 0) is 22.3 Å². The van der Waals surface area contributed by atoms with Crippen LogP contribution in [0.25, 0.3) is 0 Å². The van der Waals surface area contributed by atoms with Gasteiger partial charge in [0.05, 0.1) is 18.2 Å². The van der Waals surface area contributed by atoms with Crippen molar-refractivity contribution in [1.29, 1.82) is 0 Å². The zero-order valence-electron chi connectivity index (χ0n) is 15.7. The number of nitrogens with two attached hydrogens (primary N) is 1. The van der Waals surface area contributed by atoms with Crippen molar-refractivity contribution in [2.24, 2.45) is 5.73 Å². The van der Waals surface area contributed by atoms with Crippen LogP contribution in [0.2, 0.25) is 0 Å². The number of hydrogen-bond acceptors (Lipinski definition) is 4. The molecule has 2 N–H and O–H groups in total. The molecule has 2 aromatic rings. The molecule has 0 aliphatic rings. The molecule has 2 aromatic carbocycles. The maximum absolute atomic E-state index is 13.0. The highest BCUT2D eigenvalue weighted by Gasteiger charge is 2.31. The zero-order valence-corrected chi connectivity index (χ0v) is 15.7. The molecule has 0 aliphatic carbocycles. The second-order valence-electron chi connectivity index (χ2n) is 6.41. The van der Waals surface area contributed by atoms with Crippen molar-refractivity contribution in [3.05, 3.63) is 65.2 Å². The van der Waals surface area contributed by atoms with E-state index in [1.165, 1.54) is 13.2 Å². The fourth-order valence-electron chi connectivity index (χ4n) is 2.84. The van der Waals surface area contributed by atoms with Gasteiger partial charge >= 0.3 is 6.18 Å². The van der Waals surface area contributed by atoms with E-state index >= 15 is 0 Å². The Hall–Kier alpha value is -2.58. The fourth-order valence-corrected chi connectivity index (χ4v) is 2.84. The first-order valence-corrected chi connectivity index (χ1v) is 8.57. The van der Waals surface area contributed by atoms with Gasteiger partial charge in [0.2, 0.25) is 0 Å². The lowest BCUT2D eigenvalue weighted by Crippen LogP contribution is -2.28. The van der Waals surface area contributed by atoms with Crippen LogP contribution in [0.5, 0.6) is 5.75 Å². The van der Waals surface area contributed by atoms with E-state index in [-0.39, 0.29) is 19.3 Å². The summed E-state index contributed by atoms with van der Waals surface area (Å²) in [6.07, 6.45) is -4.40. The smallest absolute Gasteiger partial charge is 0.416 e. The summed E-state index contributed by atoms with van der Waals surface area (Å²) in [6.45, 7) is 0.448. The van der Waals surface area contributed by atoms with Crippen molar-refractivity contribution >= 4 is 5.91 Å². The van der Waals surface area contributed by atoms with E-state index in [2.05, 4.69) is 0 Å². The quantitative estimate of drug-likeness (QED) is 0.706. The molecule has 0 unspecified atom stereocenters. The number of primary amides is 1. The van der Waals surface area contributed by atoms with E-state index in [1.54, 1.807) is 31.3 Å². The Balaban J connectivity index is 2.18. The average Bonchev–Trinajstić information content (AvgIpc) is 2.64. The molecule has 2 rings (SSSR count). The van der Waals surface area contributed by atoms with Crippen molar-refractivity contribution in [3.63, 3.8) is 0 Å². The summed E-state index contributed by atoms with van der Waals surface area (Å²) in [4.78, 5) is 12.7. The minimum Gasteiger partial charge on any atom is -0.484 e. The normalized spacial score (nSPS) is 12.8. The predicted octanol–water partition coefficient (Wildman–Crippen LogP) is 3.39. The lowest BCUT2D eigenvalue weighted by Gasteiger charge is -2.28. The third kappa shape index (κ3) is 6.24. The molecule has 0 aromatic heterocycles. The Bertz CT molecular complexity index is 796. The maximum atomic E-state index is 13.0. The Morgan fingerprint density at radius 3 is 2.54 bits per heavy atom. The molecule has 0 fully saturated rings. The number of rotatable bonds is 9. The summed E-state index contributed by atoms with van der Waals surface area (Å²) < 4.78 is 49.7. The van der Waals surface area contributed by atoms with Gasteiger partial charge in [-0.3, -0.25) is 9.69 Å². The third-order valence-electron chi connectivity index (χ3n) is 4.17. The molecule has 152 valence electrons. The second-order valence-corrected chi connectivity index (χ2v) is 6.41. The van der Waals surface area contributed by atoms with Crippen molar-refractivity contribution in [3.8, 4) is 5.75 Å². The molecule has 0 bridgehead atoms. The molecule has 0 aliphatic heterocycles. The van der Waals surface area contributed by atoms with Gasteiger partial charge in [0, 0.05) is 13.7 Å². The SMILES string of the molecule is COC[C@@H](c1cccc(C(F)(F)F)c1)N(C)Cc1cccc(OCC(N)=O)c1. The fraction of sp³-hybridized carbons (Fsp3) is 0.350. The Kier molecular flexibility index (Phi) is 7.42. The molecule has 1 atom stereocenters. The average molecular weight is 396 g/mol. The molecule has 0 saturated heterocycles. The van der Waals surface area contributed by atoms with Gasteiger partial charge in [-0.05, 0) is 42.4 Å². The monoisotopic (exact) mass is 396 g/mol. The molecular formula is C20H23F3N2O3. The maximum Gasteiger partial charge on any atom is 0.416 e. The van der Waals surface area contributed by atoms with Gasteiger partial charge in [-0.25, -0.2) is 0 Å². The Labute approximate surface area is 161 Å². The molecule has 5 nitrogen and oxygen atoms in total. The summed E-state index contributed by atoms with van der Waals surface area (Å²) >= 11 is 0. The molecule has 0 saturated carbocycles. The van der Waals surface area contributed by atoms with Crippen LogP contribution in [-0.4, -0.2) is 38.2 Å². The highest BCUT2D eigenvalue weighted by Crippen LogP contribution is 2.32. The summed E-state index contributed by atoms with van der Waals surface area (Å²) in [7, 11) is 3.31. The molecular weight excluding hydrogens is 373 g/mol. The zero-order chi connectivity index (χ0) is 20.7. The van der Waals surface area contributed by atoms with Gasteiger partial charge in [-0.2, -0.15) is 13.2 Å². The number of nitrogens with zero attached hydrogens (tertiary/aromatic N) is 1. The molecule has 0 spiro atoms. The molecule has 0 heterocycles. The first kappa shape index (κ1) is 21.7. The molecule has 0 radical (unpaired) electrons. The number of halogens is 3. The highest BCUT2D eigenvalue weighted by molar-refractivity contribution is 5.75. The Morgan fingerprint density at radius 1 is 1.18 bits per heavy atom. The third-order valence-corrected chi connectivity index (χ3v) is 4.17. The number of carbonyl (C=O) groups is 1. The van der Waals surface area contributed by atoms with Gasteiger partial charge in [-0.1, -0.05) is 24.3 Å². The topological polar surface area (TPSA) is 64.8 Å². The van der Waals surface area contributed by atoms with Gasteiger partial charge in [0.15, 0.2) is 6.61 Å². The predicted molar refractivity (Wildman–Crippen MR) is 98.7 cm³/mol. The van der Waals surface area contributed by atoms with Gasteiger partial charge in [0.25, 0.3) is 5.91 Å². The standard InChI is InChI=1S/C20H23F3N2O3/c1-25(11-14-5-3-8-17(9-14)28-13-19(24)26)18(12-27-2)15-6-4-7-16(10-15)20(21,22)23/h3-10,18H,11-13H2,1-2H3,(H2,24,26)/t18-/m0/s1. The van der Waals surface area contributed by atoms with Crippen LogP contribution in [0, 0.1) is 0 Å². The highest BCUT2D eigenvalue weighted by atomic mass is 19.4. The van der Waals surface area contributed by atoms with Gasteiger partial charge in [-0.15, -0.1) is 0 Å². The molecule has 28 heavy (non-hydrogen) atoms. The van der Waals surface area contributed by atoms with E-state index < -0.39 is 17.6 Å². The van der Waals surface area contributed by atoms with E-state index in [4.69, 9.17) is 15.2 Å². The number of alkyl halides is 3. The van der Waals surface area contributed by atoms with Crippen molar-refractivity contribution in [2.75, 3.05) is 27.4 Å². The Morgan fingerprint density at radius 2 is 1.89 bits per heavy atom. The number of benzene rings is 2. The number of ether oxygens (including phenoxy) is 2. The lowest BCUT2D eigenvalue weighted by molar-refractivity contribution is -0.137.